The van der Waals surface area contributed by atoms with Gasteiger partial charge in [0.1, 0.15) is 0 Å². The third kappa shape index (κ3) is 3.08. The van der Waals surface area contributed by atoms with Gasteiger partial charge in [-0.25, -0.2) is 0 Å². The molecule has 0 saturated carbocycles. The van der Waals surface area contributed by atoms with Crippen LogP contribution in [0.5, 0.6) is 0 Å². The Hall–Kier alpha value is -1.87. The van der Waals surface area contributed by atoms with Gasteiger partial charge in [-0.1, -0.05) is 53.2 Å². The quantitative estimate of drug-likeness (QED) is 0.641. The summed E-state index contributed by atoms with van der Waals surface area (Å²) in [5.41, 5.74) is 3.00. The topological polar surface area (TPSA) is 32.9 Å². The first-order chi connectivity index (χ1) is 10.1. The Morgan fingerprint density at radius 3 is 2.57 bits per heavy atom. The van der Waals surface area contributed by atoms with E-state index >= 15 is 0 Å². The van der Waals surface area contributed by atoms with Gasteiger partial charge < -0.3 is 4.98 Å². The summed E-state index contributed by atoms with van der Waals surface area (Å²) >= 11 is 3.39. The zero-order chi connectivity index (χ0) is 14.8. The molecular formula is C18H16BrNO. The lowest BCUT2D eigenvalue weighted by Gasteiger charge is -2.09. The number of rotatable bonds is 4. The number of aromatic nitrogens is 1. The molecule has 1 atom stereocenters. The molecule has 2 aromatic carbocycles. The van der Waals surface area contributed by atoms with Crippen molar-refractivity contribution >= 4 is 32.6 Å². The number of nitrogens with one attached hydrogen (secondary N) is 1. The molecule has 0 aliphatic carbocycles. The molecule has 21 heavy (non-hydrogen) atoms. The first-order valence-electron chi connectivity index (χ1n) is 7.00. The largest absolute Gasteiger partial charge is 0.358 e. The molecular weight excluding hydrogens is 326 g/mol. The van der Waals surface area contributed by atoms with Crippen LogP contribution >= 0.6 is 15.9 Å². The summed E-state index contributed by atoms with van der Waals surface area (Å²) in [6.07, 6.45) is 0.508. The monoisotopic (exact) mass is 341 g/mol. The van der Waals surface area contributed by atoms with E-state index < -0.39 is 0 Å². The third-order valence-corrected chi connectivity index (χ3v) is 4.27. The number of hydrogen-bond acceptors (Lipinski definition) is 1. The predicted molar refractivity (Wildman–Crippen MR) is 89.8 cm³/mol. The fourth-order valence-corrected chi connectivity index (χ4v) is 2.77. The van der Waals surface area contributed by atoms with E-state index in [-0.39, 0.29) is 11.7 Å². The number of aromatic amines is 1. The van der Waals surface area contributed by atoms with E-state index in [1.54, 1.807) is 0 Å². The van der Waals surface area contributed by atoms with Crippen molar-refractivity contribution < 1.29 is 4.79 Å². The van der Waals surface area contributed by atoms with Crippen LogP contribution in [0.25, 0.3) is 10.9 Å². The molecule has 3 rings (SSSR count). The van der Waals surface area contributed by atoms with E-state index in [0.29, 0.717) is 6.42 Å². The summed E-state index contributed by atoms with van der Waals surface area (Å²) in [4.78, 5) is 15.7. The SMILES string of the molecule is C[C@H](CC(=O)c1ccc(Br)cc1)c1cc2ccccc2[nH]1. The van der Waals surface area contributed by atoms with Gasteiger partial charge in [0.15, 0.2) is 5.78 Å². The maximum Gasteiger partial charge on any atom is 0.163 e. The van der Waals surface area contributed by atoms with Gasteiger partial charge in [0, 0.05) is 33.6 Å². The standard InChI is InChI=1S/C18H16BrNO/c1-12(10-18(21)13-6-8-15(19)9-7-13)17-11-14-4-2-3-5-16(14)20-17/h2-9,11-12,20H,10H2,1H3/t12-/m1/s1. The highest BCUT2D eigenvalue weighted by Gasteiger charge is 2.14. The van der Waals surface area contributed by atoms with Gasteiger partial charge in [0.25, 0.3) is 0 Å². The molecule has 0 amide bonds. The molecule has 0 aliphatic heterocycles. The highest BCUT2D eigenvalue weighted by Crippen LogP contribution is 2.25. The second-order valence-electron chi connectivity index (χ2n) is 5.35. The predicted octanol–water partition coefficient (Wildman–Crippen LogP) is 5.31. The van der Waals surface area contributed by atoms with Crippen LogP contribution in [0.4, 0.5) is 0 Å². The zero-order valence-electron chi connectivity index (χ0n) is 11.8. The van der Waals surface area contributed by atoms with Gasteiger partial charge in [-0.2, -0.15) is 0 Å². The number of carbonyl (C=O) groups excluding carboxylic acids is 1. The lowest BCUT2D eigenvalue weighted by molar-refractivity contribution is 0.0975. The number of hydrogen-bond donors (Lipinski definition) is 1. The molecule has 0 aliphatic rings. The Balaban J connectivity index is 1.77. The number of para-hydroxylation sites is 1. The average Bonchev–Trinajstić information content (AvgIpc) is 2.92. The molecule has 106 valence electrons. The minimum Gasteiger partial charge on any atom is -0.358 e. The van der Waals surface area contributed by atoms with Crippen molar-refractivity contribution in [1.29, 1.82) is 0 Å². The Kier molecular flexibility index (Phi) is 3.93. The van der Waals surface area contributed by atoms with Gasteiger partial charge in [-0.15, -0.1) is 0 Å². The summed E-state index contributed by atoms with van der Waals surface area (Å²) < 4.78 is 0.989. The van der Waals surface area contributed by atoms with Crippen LogP contribution in [0.2, 0.25) is 0 Å². The average molecular weight is 342 g/mol. The summed E-state index contributed by atoms with van der Waals surface area (Å²) in [6.45, 7) is 2.08. The number of carbonyl (C=O) groups is 1. The van der Waals surface area contributed by atoms with Crippen molar-refractivity contribution in [2.45, 2.75) is 19.3 Å². The lowest BCUT2D eigenvalue weighted by Crippen LogP contribution is -2.05. The number of fused-ring (bicyclic) bond motifs is 1. The number of ketones is 1. The van der Waals surface area contributed by atoms with Crippen LogP contribution < -0.4 is 0 Å². The maximum absolute atomic E-state index is 12.3. The minimum absolute atomic E-state index is 0.175. The molecule has 2 nitrogen and oxygen atoms in total. The molecule has 1 aromatic heterocycles. The molecule has 0 unspecified atom stereocenters. The van der Waals surface area contributed by atoms with Gasteiger partial charge in [-0.3, -0.25) is 4.79 Å². The normalized spacial score (nSPS) is 12.5. The third-order valence-electron chi connectivity index (χ3n) is 3.74. The van der Waals surface area contributed by atoms with Crippen molar-refractivity contribution in [3.63, 3.8) is 0 Å². The number of benzene rings is 2. The Morgan fingerprint density at radius 1 is 1.14 bits per heavy atom. The highest BCUT2D eigenvalue weighted by molar-refractivity contribution is 9.10. The maximum atomic E-state index is 12.3. The van der Waals surface area contributed by atoms with Crippen molar-refractivity contribution in [1.82, 2.24) is 4.98 Å². The summed E-state index contributed by atoms with van der Waals surface area (Å²) in [7, 11) is 0. The molecule has 3 aromatic rings. The van der Waals surface area contributed by atoms with Gasteiger partial charge in [0.05, 0.1) is 0 Å². The molecule has 0 saturated heterocycles. The Morgan fingerprint density at radius 2 is 1.86 bits per heavy atom. The number of H-pyrrole nitrogens is 1. The molecule has 0 bridgehead atoms. The molecule has 0 radical (unpaired) electrons. The summed E-state index contributed by atoms with van der Waals surface area (Å²) in [5.74, 6) is 0.349. The van der Waals surface area contributed by atoms with E-state index in [1.165, 1.54) is 5.39 Å². The van der Waals surface area contributed by atoms with Crippen molar-refractivity contribution in [2.24, 2.45) is 0 Å². The molecule has 0 spiro atoms. The van der Waals surface area contributed by atoms with Gasteiger partial charge >= 0.3 is 0 Å². The van der Waals surface area contributed by atoms with Crippen LogP contribution in [0, 0.1) is 0 Å². The number of halogens is 1. The van der Waals surface area contributed by atoms with Gasteiger partial charge in [0.2, 0.25) is 0 Å². The van der Waals surface area contributed by atoms with Crippen molar-refractivity contribution in [2.75, 3.05) is 0 Å². The van der Waals surface area contributed by atoms with E-state index in [9.17, 15) is 4.79 Å². The highest BCUT2D eigenvalue weighted by atomic mass is 79.9. The lowest BCUT2D eigenvalue weighted by atomic mass is 9.97. The fraction of sp³-hybridized carbons (Fsp3) is 0.167. The Bertz CT molecular complexity index is 740. The van der Waals surface area contributed by atoms with Crippen molar-refractivity contribution in [3.8, 4) is 0 Å². The van der Waals surface area contributed by atoms with Crippen LogP contribution in [0.3, 0.4) is 0 Å². The van der Waals surface area contributed by atoms with Crippen LogP contribution in [0.1, 0.15) is 35.3 Å². The smallest absolute Gasteiger partial charge is 0.163 e. The van der Waals surface area contributed by atoms with Gasteiger partial charge in [-0.05, 0) is 29.7 Å². The fourth-order valence-electron chi connectivity index (χ4n) is 2.50. The number of Topliss-reactive ketones (excluding diaryl/α,β-unsaturated/α-hetero) is 1. The van der Waals surface area contributed by atoms with E-state index in [2.05, 4.69) is 46.0 Å². The first kappa shape index (κ1) is 14.1. The van der Waals surface area contributed by atoms with Crippen LogP contribution in [-0.2, 0) is 0 Å². The van der Waals surface area contributed by atoms with Crippen LogP contribution in [-0.4, -0.2) is 10.8 Å². The summed E-state index contributed by atoms with van der Waals surface area (Å²) in [6, 6.07) is 17.9. The molecule has 1 N–H and O–H groups in total. The van der Waals surface area contributed by atoms with Crippen LogP contribution in [0.15, 0.2) is 59.1 Å². The first-order valence-corrected chi connectivity index (χ1v) is 7.79. The van der Waals surface area contributed by atoms with E-state index in [4.69, 9.17) is 0 Å². The Labute approximate surface area is 132 Å². The molecule has 3 heteroatoms. The summed E-state index contributed by atoms with van der Waals surface area (Å²) in [5, 5.41) is 1.19. The van der Waals surface area contributed by atoms with E-state index in [0.717, 1.165) is 21.2 Å². The minimum atomic E-state index is 0.175. The second-order valence-corrected chi connectivity index (χ2v) is 6.26. The van der Waals surface area contributed by atoms with E-state index in [1.807, 2.05) is 36.4 Å². The van der Waals surface area contributed by atoms with Crippen molar-refractivity contribution in [3.05, 3.63) is 70.3 Å². The second kappa shape index (κ2) is 5.86. The molecule has 1 heterocycles. The molecule has 0 fully saturated rings. The zero-order valence-corrected chi connectivity index (χ0v) is 13.4.